The Morgan fingerprint density at radius 3 is 2.41 bits per heavy atom. The highest BCUT2D eigenvalue weighted by molar-refractivity contribution is 7.90. The second-order valence-electron chi connectivity index (χ2n) is 4.95. The van der Waals surface area contributed by atoms with Crippen LogP contribution in [-0.2, 0) is 14.6 Å². The number of aryl methyl sites for hydroxylation is 1. The minimum absolute atomic E-state index is 0.114. The smallest absolute Gasteiger partial charge is 0.262 e. The first-order valence-electron chi connectivity index (χ1n) is 6.64. The number of anilines is 1. The van der Waals surface area contributed by atoms with Gasteiger partial charge in [-0.2, -0.15) is 0 Å². The van der Waals surface area contributed by atoms with Crippen molar-refractivity contribution in [3.63, 3.8) is 0 Å². The molecule has 0 saturated carbocycles. The Kier molecular flexibility index (Phi) is 4.82. The van der Waals surface area contributed by atoms with Crippen LogP contribution in [0, 0.1) is 6.92 Å². The number of nitrogens with one attached hydrogen (secondary N) is 1. The standard InChI is InChI=1S/C16H17NO4S/c1-12-4-3-5-14(10-12)21-11-16(18)17-13-6-8-15(9-7-13)22(2,19)20/h3-10H,11H2,1-2H3,(H,17,18). The van der Waals surface area contributed by atoms with E-state index < -0.39 is 9.84 Å². The van der Waals surface area contributed by atoms with Crippen LogP contribution in [0.15, 0.2) is 53.4 Å². The molecule has 0 saturated heterocycles. The van der Waals surface area contributed by atoms with Gasteiger partial charge in [0.05, 0.1) is 4.90 Å². The van der Waals surface area contributed by atoms with Crippen LogP contribution in [0.3, 0.4) is 0 Å². The third kappa shape index (κ3) is 4.60. The number of ether oxygens (including phenoxy) is 1. The fourth-order valence-electron chi connectivity index (χ4n) is 1.84. The molecule has 0 heterocycles. The van der Waals surface area contributed by atoms with Crippen LogP contribution >= 0.6 is 0 Å². The van der Waals surface area contributed by atoms with E-state index in [1.165, 1.54) is 12.1 Å². The minimum Gasteiger partial charge on any atom is -0.484 e. The van der Waals surface area contributed by atoms with Crippen LogP contribution < -0.4 is 10.1 Å². The molecule has 2 rings (SSSR count). The first-order chi connectivity index (χ1) is 10.3. The Hall–Kier alpha value is -2.34. The van der Waals surface area contributed by atoms with Crippen molar-refractivity contribution >= 4 is 21.4 Å². The van der Waals surface area contributed by atoms with Crippen molar-refractivity contribution in [1.29, 1.82) is 0 Å². The van der Waals surface area contributed by atoms with E-state index in [0.717, 1.165) is 11.8 Å². The molecule has 6 heteroatoms. The lowest BCUT2D eigenvalue weighted by Gasteiger charge is -2.08. The molecule has 1 amide bonds. The second kappa shape index (κ2) is 6.62. The van der Waals surface area contributed by atoms with Gasteiger partial charge >= 0.3 is 0 Å². The zero-order chi connectivity index (χ0) is 16.2. The van der Waals surface area contributed by atoms with Crippen molar-refractivity contribution in [3.8, 4) is 5.75 Å². The van der Waals surface area contributed by atoms with Gasteiger partial charge in [-0.1, -0.05) is 12.1 Å². The summed E-state index contributed by atoms with van der Waals surface area (Å²) in [4.78, 5) is 12.0. The van der Waals surface area contributed by atoms with Crippen LogP contribution in [0.1, 0.15) is 5.56 Å². The van der Waals surface area contributed by atoms with E-state index in [1.54, 1.807) is 18.2 Å². The summed E-state index contributed by atoms with van der Waals surface area (Å²) >= 11 is 0. The van der Waals surface area contributed by atoms with Crippen molar-refractivity contribution in [3.05, 3.63) is 54.1 Å². The van der Waals surface area contributed by atoms with Crippen molar-refractivity contribution in [2.45, 2.75) is 11.8 Å². The van der Waals surface area contributed by atoms with E-state index in [9.17, 15) is 13.2 Å². The van der Waals surface area contributed by atoms with Gasteiger partial charge in [0.15, 0.2) is 16.4 Å². The van der Waals surface area contributed by atoms with Gasteiger partial charge in [0.1, 0.15) is 5.75 Å². The zero-order valence-corrected chi connectivity index (χ0v) is 13.2. The molecule has 0 bridgehead atoms. The van der Waals surface area contributed by atoms with Crippen molar-refractivity contribution in [2.75, 3.05) is 18.2 Å². The average Bonchev–Trinajstić information content (AvgIpc) is 2.45. The van der Waals surface area contributed by atoms with Gasteiger partial charge in [-0.05, 0) is 48.9 Å². The molecule has 0 unspecified atom stereocenters. The number of rotatable bonds is 5. The summed E-state index contributed by atoms with van der Waals surface area (Å²) in [7, 11) is -3.24. The highest BCUT2D eigenvalue weighted by Gasteiger charge is 2.08. The summed E-state index contributed by atoms with van der Waals surface area (Å²) in [5.74, 6) is 0.316. The third-order valence-corrected chi connectivity index (χ3v) is 4.05. The number of carbonyl (C=O) groups excluding carboxylic acids is 1. The maximum atomic E-state index is 11.8. The number of sulfone groups is 1. The summed E-state index contributed by atoms with van der Waals surface area (Å²) in [6.45, 7) is 1.83. The Morgan fingerprint density at radius 1 is 1.14 bits per heavy atom. The number of amides is 1. The van der Waals surface area contributed by atoms with Crippen LogP contribution in [-0.4, -0.2) is 27.2 Å². The Labute approximate surface area is 129 Å². The van der Waals surface area contributed by atoms with E-state index in [1.807, 2.05) is 25.1 Å². The molecule has 0 aliphatic rings. The SMILES string of the molecule is Cc1cccc(OCC(=O)Nc2ccc(S(C)(=O)=O)cc2)c1. The lowest BCUT2D eigenvalue weighted by molar-refractivity contribution is -0.118. The molecule has 0 aliphatic carbocycles. The molecule has 2 aromatic carbocycles. The van der Waals surface area contributed by atoms with E-state index in [-0.39, 0.29) is 17.4 Å². The molecule has 22 heavy (non-hydrogen) atoms. The molecule has 0 fully saturated rings. The highest BCUT2D eigenvalue weighted by Crippen LogP contribution is 2.15. The monoisotopic (exact) mass is 319 g/mol. The maximum absolute atomic E-state index is 11.8. The summed E-state index contributed by atoms with van der Waals surface area (Å²) in [5, 5.41) is 2.65. The zero-order valence-electron chi connectivity index (χ0n) is 12.4. The van der Waals surface area contributed by atoms with Gasteiger partial charge < -0.3 is 10.1 Å². The Morgan fingerprint density at radius 2 is 1.82 bits per heavy atom. The van der Waals surface area contributed by atoms with Crippen LogP contribution in [0.5, 0.6) is 5.75 Å². The average molecular weight is 319 g/mol. The van der Waals surface area contributed by atoms with E-state index in [2.05, 4.69) is 5.32 Å². The number of benzene rings is 2. The van der Waals surface area contributed by atoms with E-state index >= 15 is 0 Å². The highest BCUT2D eigenvalue weighted by atomic mass is 32.2. The van der Waals surface area contributed by atoms with E-state index in [0.29, 0.717) is 11.4 Å². The quantitative estimate of drug-likeness (QED) is 0.918. The second-order valence-corrected chi connectivity index (χ2v) is 6.97. The molecule has 5 nitrogen and oxygen atoms in total. The first-order valence-corrected chi connectivity index (χ1v) is 8.53. The van der Waals surface area contributed by atoms with Gasteiger partial charge in [0.2, 0.25) is 0 Å². The van der Waals surface area contributed by atoms with Crippen LogP contribution in [0.2, 0.25) is 0 Å². The van der Waals surface area contributed by atoms with Gasteiger partial charge in [-0.25, -0.2) is 8.42 Å². The topological polar surface area (TPSA) is 72.5 Å². The summed E-state index contributed by atoms with van der Waals surface area (Å²) in [6, 6.07) is 13.4. The van der Waals surface area contributed by atoms with E-state index in [4.69, 9.17) is 4.74 Å². The Balaban J connectivity index is 1.92. The predicted molar refractivity (Wildman–Crippen MR) is 84.9 cm³/mol. The fraction of sp³-hybridized carbons (Fsp3) is 0.188. The Bertz CT molecular complexity index is 767. The molecule has 0 radical (unpaired) electrons. The molecule has 116 valence electrons. The van der Waals surface area contributed by atoms with Crippen molar-refractivity contribution in [2.24, 2.45) is 0 Å². The number of carbonyl (C=O) groups is 1. The molecule has 0 aliphatic heterocycles. The lowest BCUT2D eigenvalue weighted by atomic mass is 10.2. The van der Waals surface area contributed by atoms with Crippen molar-refractivity contribution in [1.82, 2.24) is 0 Å². The molecule has 2 aromatic rings. The maximum Gasteiger partial charge on any atom is 0.262 e. The minimum atomic E-state index is -3.24. The fourth-order valence-corrected chi connectivity index (χ4v) is 2.47. The lowest BCUT2D eigenvalue weighted by Crippen LogP contribution is -2.20. The molecule has 1 N–H and O–H groups in total. The molecule has 0 atom stereocenters. The largest absolute Gasteiger partial charge is 0.484 e. The van der Waals surface area contributed by atoms with Gasteiger partial charge in [-0.3, -0.25) is 4.79 Å². The molecule has 0 spiro atoms. The number of hydrogen-bond donors (Lipinski definition) is 1. The van der Waals surface area contributed by atoms with Crippen LogP contribution in [0.25, 0.3) is 0 Å². The summed E-state index contributed by atoms with van der Waals surface area (Å²) in [6.07, 6.45) is 1.14. The van der Waals surface area contributed by atoms with Gasteiger partial charge in [0.25, 0.3) is 5.91 Å². The van der Waals surface area contributed by atoms with Gasteiger partial charge in [0, 0.05) is 11.9 Å². The number of hydrogen-bond acceptors (Lipinski definition) is 4. The summed E-state index contributed by atoms with van der Waals surface area (Å²) < 4.78 is 28.1. The van der Waals surface area contributed by atoms with Crippen molar-refractivity contribution < 1.29 is 17.9 Å². The first kappa shape index (κ1) is 16.0. The third-order valence-electron chi connectivity index (χ3n) is 2.93. The predicted octanol–water partition coefficient (Wildman–Crippen LogP) is 2.42. The van der Waals surface area contributed by atoms with Crippen LogP contribution in [0.4, 0.5) is 5.69 Å². The molecular weight excluding hydrogens is 302 g/mol. The van der Waals surface area contributed by atoms with Gasteiger partial charge in [-0.15, -0.1) is 0 Å². The molecular formula is C16H17NO4S. The summed E-state index contributed by atoms with van der Waals surface area (Å²) in [5.41, 5.74) is 1.57. The molecule has 0 aromatic heterocycles. The normalized spacial score (nSPS) is 11.0.